The summed E-state index contributed by atoms with van der Waals surface area (Å²) in [5, 5.41) is 2.63. The lowest BCUT2D eigenvalue weighted by Crippen LogP contribution is -2.33. The summed E-state index contributed by atoms with van der Waals surface area (Å²) in [6.45, 7) is 0.794. The quantitative estimate of drug-likeness (QED) is 0.796. The van der Waals surface area contributed by atoms with E-state index in [9.17, 15) is 22.4 Å². The molecule has 27 heavy (non-hydrogen) atoms. The first-order valence-corrected chi connectivity index (χ1v) is 10.0. The lowest BCUT2D eigenvalue weighted by atomic mass is 10.2. The molecule has 0 aliphatic carbocycles. The van der Waals surface area contributed by atoms with Crippen LogP contribution in [-0.4, -0.2) is 36.3 Å². The molecule has 2 aromatic rings. The fourth-order valence-electron chi connectivity index (χ4n) is 2.88. The predicted octanol–water partition coefficient (Wildman–Crippen LogP) is 1.09. The largest absolute Gasteiger partial charge is 0.350 e. The van der Waals surface area contributed by atoms with Crippen LogP contribution < -0.4 is 10.9 Å². The normalized spacial score (nSPS) is 15.0. The molecule has 1 aromatic heterocycles. The summed E-state index contributed by atoms with van der Waals surface area (Å²) in [4.78, 5) is 24.1. The maximum atomic E-state index is 12.9. The van der Waals surface area contributed by atoms with E-state index < -0.39 is 21.5 Å². The highest BCUT2D eigenvalue weighted by atomic mass is 32.2. The van der Waals surface area contributed by atoms with Gasteiger partial charge in [0.2, 0.25) is 15.9 Å². The molecule has 1 N–H and O–H groups in total. The van der Waals surface area contributed by atoms with Gasteiger partial charge in [-0.05, 0) is 36.6 Å². The topological polar surface area (TPSA) is 88.5 Å². The van der Waals surface area contributed by atoms with Crippen LogP contribution in [0.1, 0.15) is 18.4 Å². The molecule has 1 saturated heterocycles. The molecule has 0 unspecified atom stereocenters. The summed E-state index contributed by atoms with van der Waals surface area (Å²) in [6, 6.07) is 8.09. The monoisotopic (exact) mass is 393 g/mol. The third kappa shape index (κ3) is 4.61. The number of carbonyl (C=O) groups is 1. The fraction of sp³-hybridized carbons (Fsp3) is 0.333. The van der Waals surface area contributed by atoms with E-state index in [1.54, 1.807) is 12.1 Å². The van der Waals surface area contributed by atoms with E-state index in [0.717, 1.165) is 23.5 Å². The average molecular weight is 393 g/mol. The number of hydrogen-bond donors (Lipinski definition) is 1. The Labute approximate surface area is 156 Å². The molecule has 0 spiro atoms. The van der Waals surface area contributed by atoms with E-state index in [-0.39, 0.29) is 23.8 Å². The minimum absolute atomic E-state index is 0.00432. The van der Waals surface area contributed by atoms with Crippen molar-refractivity contribution in [3.63, 3.8) is 0 Å². The second-order valence-corrected chi connectivity index (χ2v) is 8.28. The van der Waals surface area contributed by atoms with Gasteiger partial charge in [-0.25, -0.2) is 12.8 Å². The molecule has 3 rings (SSSR count). The molecule has 1 aliphatic rings. The molecule has 0 radical (unpaired) electrons. The molecule has 0 bridgehead atoms. The molecule has 144 valence electrons. The van der Waals surface area contributed by atoms with Gasteiger partial charge in [0.25, 0.3) is 5.56 Å². The third-order valence-corrected chi connectivity index (χ3v) is 6.26. The van der Waals surface area contributed by atoms with Gasteiger partial charge in [0.15, 0.2) is 0 Å². The van der Waals surface area contributed by atoms with Gasteiger partial charge in [-0.1, -0.05) is 12.1 Å². The van der Waals surface area contributed by atoms with Crippen molar-refractivity contribution in [2.24, 2.45) is 0 Å². The Morgan fingerprint density at radius 2 is 1.74 bits per heavy atom. The molecule has 0 atom stereocenters. The Kier molecular flexibility index (Phi) is 5.71. The van der Waals surface area contributed by atoms with Crippen molar-refractivity contribution < 1.29 is 17.6 Å². The van der Waals surface area contributed by atoms with Crippen LogP contribution in [-0.2, 0) is 27.9 Å². The van der Waals surface area contributed by atoms with E-state index in [0.29, 0.717) is 18.7 Å². The third-order valence-electron chi connectivity index (χ3n) is 4.38. The smallest absolute Gasteiger partial charge is 0.251 e. The number of rotatable bonds is 6. The molecule has 1 amide bonds. The van der Waals surface area contributed by atoms with Gasteiger partial charge in [-0.15, -0.1) is 0 Å². The predicted molar refractivity (Wildman–Crippen MR) is 96.9 cm³/mol. The van der Waals surface area contributed by atoms with Crippen LogP contribution in [0.15, 0.2) is 52.3 Å². The zero-order chi connectivity index (χ0) is 19.4. The number of nitrogens with zero attached hydrogens (tertiary/aromatic N) is 2. The SMILES string of the molecule is O=C(Cn1cc(S(=O)(=O)N2CCCC2)ccc1=O)NCc1ccc(F)cc1. The van der Waals surface area contributed by atoms with E-state index >= 15 is 0 Å². The molecule has 1 aliphatic heterocycles. The number of benzene rings is 1. The number of sulfonamides is 1. The van der Waals surface area contributed by atoms with Gasteiger partial charge < -0.3 is 9.88 Å². The van der Waals surface area contributed by atoms with Gasteiger partial charge in [0, 0.05) is 31.9 Å². The Bertz CT molecular complexity index is 980. The summed E-state index contributed by atoms with van der Waals surface area (Å²) in [5.74, 6) is -0.815. The van der Waals surface area contributed by atoms with Crippen molar-refractivity contribution in [3.05, 3.63) is 64.3 Å². The van der Waals surface area contributed by atoms with Gasteiger partial charge in [-0.3, -0.25) is 9.59 Å². The first kappa shape index (κ1) is 19.2. The van der Waals surface area contributed by atoms with Crippen molar-refractivity contribution in [1.29, 1.82) is 0 Å². The Morgan fingerprint density at radius 3 is 2.41 bits per heavy atom. The summed E-state index contributed by atoms with van der Waals surface area (Å²) in [5.41, 5.74) is 0.245. The molecule has 2 heterocycles. The number of nitrogens with one attached hydrogen (secondary N) is 1. The standard InChI is InChI=1S/C18H20FN3O4S/c19-15-5-3-14(4-6-15)11-20-17(23)13-21-12-16(7-8-18(21)24)27(25,26)22-9-1-2-10-22/h3-8,12H,1-2,9-11,13H2,(H,20,23). The number of amides is 1. The summed E-state index contributed by atoms with van der Waals surface area (Å²) in [6.07, 6.45) is 2.82. The van der Waals surface area contributed by atoms with Crippen LogP contribution in [0, 0.1) is 5.82 Å². The number of carbonyl (C=O) groups excluding carboxylic acids is 1. The number of pyridine rings is 1. The van der Waals surface area contributed by atoms with E-state index in [1.807, 2.05) is 0 Å². The highest BCUT2D eigenvalue weighted by Gasteiger charge is 2.27. The molecule has 7 nitrogen and oxygen atoms in total. The van der Waals surface area contributed by atoms with Gasteiger partial charge >= 0.3 is 0 Å². The lowest BCUT2D eigenvalue weighted by molar-refractivity contribution is -0.121. The van der Waals surface area contributed by atoms with Crippen LogP contribution in [0.4, 0.5) is 4.39 Å². The minimum atomic E-state index is -3.67. The lowest BCUT2D eigenvalue weighted by Gasteiger charge is -2.16. The van der Waals surface area contributed by atoms with Crippen LogP contribution in [0.2, 0.25) is 0 Å². The van der Waals surface area contributed by atoms with Crippen LogP contribution in [0.25, 0.3) is 0 Å². The number of halogens is 1. The zero-order valence-electron chi connectivity index (χ0n) is 14.6. The van der Waals surface area contributed by atoms with Crippen LogP contribution in [0.5, 0.6) is 0 Å². The number of aromatic nitrogens is 1. The first-order valence-electron chi connectivity index (χ1n) is 8.58. The summed E-state index contributed by atoms with van der Waals surface area (Å²) in [7, 11) is -3.67. The summed E-state index contributed by atoms with van der Waals surface area (Å²) >= 11 is 0. The fourth-order valence-corrected chi connectivity index (χ4v) is 4.41. The van der Waals surface area contributed by atoms with Gasteiger partial charge in [0.05, 0.1) is 4.90 Å². The maximum absolute atomic E-state index is 12.9. The van der Waals surface area contributed by atoms with Crippen molar-refractivity contribution in [3.8, 4) is 0 Å². The molecule has 9 heteroatoms. The maximum Gasteiger partial charge on any atom is 0.251 e. The average Bonchev–Trinajstić information content (AvgIpc) is 3.18. The Morgan fingerprint density at radius 1 is 1.07 bits per heavy atom. The first-order chi connectivity index (χ1) is 12.9. The summed E-state index contributed by atoms with van der Waals surface area (Å²) < 4.78 is 40.5. The van der Waals surface area contributed by atoms with E-state index in [2.05, 4.69) is 5.32 Å². The number of hydrogen-bond acceptors (Lipinski definition) is 4. The Hall–Kier alpha value is -2.52. The van der Waals surface area contributed by atoms with Gasteiger partial charge in [0.1, 0.15) is 12.4 Å². The molecular formula is C18H20FN3O4S. The Balaban J connectivity index is 1.69. The van der Waals surface area contributed by atoms with Crippen molar-refractivity contribution in [1.82, 2.24) is 14.2 Å². The zero-order valence-corrected chi connectivity index (χ0v) is 15.4. The minimum Gasteiger partial charge on any atom is -0.350 e. The highest BCUT2D eigenvalue weighted by molar-refractivity contribution is 7.89. The van der Waals surface area contributed by atoms with E-state index in [4.69, 9.17) is 0 Å². The van der Waals surface area contributed by atoms with Crippen molar-refractivity contribution >= 4 is 15.9 Å². The van der Waals surface area contributed by atoms with Crippen LogP contribution >= 0.6 is 0 Å². The highest BCUT2D eigenvalue weighted by Crippen LogP contribution is 2.19. The molecular weight excluding hydrogens is 373 g/mol. The second-order valence-electron chi connectivity index (χ2n) is 6.35. The van der Waals surface area contributed by atoms with Gasteiger partial charge in [-0.2, -0.15) is 4.31 Å². The van der Waals surface area contributed by atoms with Crippen LogP contribution in [0.3, 0.4) is 0 Å². The molecule has 1 aromatic carbocycles. The van der Waals surface area contributed by atoms with Crippen molar-refractivity contribution in [2.45, 2.75) is 30.8 Å². The van der Waals surface area contributed by atoms with E-state index in [1.165, 1.54) is 28.7 Å². The van der Waals surface area contributed by atoms with Crippen molar-refractivity contribution in [2.75, 3.05) is 13.1 Å². The molecule has 1 fully saturated rings. The second kappa shape index (κ2) is 8.01. The molecule has 0 saturated carbocycles.